The molecule has 0 bridgehead atoms. The molecule has 1 saturated carbocycles. The zero-order valence-corrected chi connectivity index (χ0v) is 10.2. The lowest BCUT2D eigenvalue weighted by atomic mass is 10.1. The van der Waals surface area contributed by atoms with Crippen LogP contribution in [0.5, 0.6) is 0 Å². The van der Waals surface area contributed by atoms with E-state index in [2.05, 4.69) is 16.4 Å². The average molecular weight is 231 g/mol. The standard InChI is InChI=1S/C13H17N3O/c1-9-5-11(6-14)12(16-10(9)2)15-7-13(8-17)3-4-13/h5,17H,3-4,7-8H2,1-2H3,(H,15,16). The maximum atomic E-state index is 9.23. The van der Waals surface area contributed by atoms with Gasteiger partial charge in [0.25, 0.3) is 0 Å². The molecule has 0 atom stereocenters. The Morgan fingerprint density at radius 1 is 1.53 bits per heavy atom. The van der Waals surface area contributed by atoms with Gasteiger partial charge in [-0.2, -0.15) is 5.26 Å². The third-order valence-electron chi connectivity index (χ3n) is 3.51. The molecular formula is C13H17N3O. The van der Waals surface area contributed by atoms with Crippen molar-refractivity contribution in [3.63, 3.8) is 0 Å². The molecule has 1 aromatic rings. The van der Waals surface area contributed by atoms with Crippen LogP contribution < -0.4 is 5.32 Å². The fourth-order valence-electron chi connectivity index (χ4n) is 1.76. The molecule has 0 aliphatic heterocycles. The summed E-state index contributed by atoms with van der Waals surface area (Å²) in [6.07, 6.45) is 2.09. The lowest BCUT2D eigenvalue weighted by molar-refractivity contribution is 0.219. The molecule has 1 aromatic heterocycles. The largest absolute Gasteiger partial charge is 0.396 e. The Labute approximate surface area is 101 Å². The van der Waals surface area contributed by atoms with Crippen LogP contribution in [0, 0.1) is 30.6 Å². The molecule has 0 amide bonds. The molecule has 0 spiro atoms. The van der Waals surface area contributed by atoms with E-state index in [0.29, 0.717) is 17.9 Å². The summed E-state index contributed by atoms with van der Waals surface area (Å²) in [5.41, 5.74) is 2.55. The van der Waals surface area contributed by atoms with Crippen molar-refractivity contribution in [2.45, 2.75) is 26.7 Å². The molecule has 2 rings (SSSR count). The second-order valence-electron chi connectivity index (χ2n) is 4.91. The number of aromatic nitrogens is 1. The third kappa shape index (κ3) is 2.40. The minimum Gasteiger partial charge on any atom is -0.396 e. The SMILES string of the molecule is Cc1cc(C#N)c(NCC2(CO)CC2)nc1C. The Morgan fingerprint density at radius 3 is 2.76 bits per heavy atom. The summed E-state index contributed by atoms with van der Waals surface area (Å²) in [6, 6.07) is 4.00. The first-order valence-corrected chi connectivity index (χ1v) is 5.83. The van der Waals surface area contributed by atoms with Crippen molar-refractivity contribution in [2.75, 3.05) is 18.5 Å². The summed E-state index contributed by atoms with van der Waals surface area (Å²) in [4.78, 5) is 4.39. The summed E-state index contributed by atoms with van der Waals surface area (Å²) in [6.45, 7) is 4.77. The molecule has 1 fully saturated rings. The number of anilines is 1. The molecule has 1 aliphatic rings. The molecule has 4 nitrogen and oxygen atoms in total. The van der Waals surface area contributed by atoms with Gasteiger partial charge in [0.2, 0.25) is 0 Å². The fourth-order valence-corrected chi connectivity index (χ4v) is 1.76. The summed E-state index contributed by atoms with van der Waals surface area (Å²) >= 11 is 0. The van der Waals surface area contributed by atoms with Gasteiger partial charge in [0, 0.05) is 17.7 Å². The smallest absolute Gasteiger partial charge is 0.144 e. The lowest BCUT2D eigenvalue weighted by Crippen LogP contribution is -2.20. The first-order chi connectivity index (χ1) is 8.10. The van der Waals surface area contributed by atoms with E-state index in [1.54, 1.807) is 0 Å². The number of pyridine rings is 1. The highest BCUT2D eigenvalue weighted by Crippen LogP contribution is 2.44. The molecule has 1 aliphatic carbocycles. The topological polar surface area (TPSA) is 68.9 Å². The predicted molar refractivity (Wildman–Crippen MR) is 65.7 cm³/mol. The number of rotatable bonds is 4. The number of hydrogen-bond acceptors (Lipinski definition) is 4. The van der Waals surface area contributed by atoms with Crippen LogP contribution in [0.3, 0.4) is 0 Å². The fraction of sp³-hybridized carbons (Fsp3) is 0.538. The van der Waals surface area contributed by atoms with Crippen LogP contribution in [-0.2, 0) is 0 Å². The summed E-state index contributed by atoms with van der Waals surface area (Å²) in [5, 5.41) is 21.5. The molecule has 2 N–H and O–H groups in total. The van der Waals surface area contributed by atoms with Gasteiger partial charge in [0.15, 0.2) is 0 Å². The van der Waals surface area contributed by atoms with Crippen molar-refractivity contribution in [3.8, 4) is 6.07 Å². The summed E-state index contributed by atoms with van der Waals surface area (Å²) in [7, 11) is 0. The van der Waals surface area contributed by atoms with Crippen molar-refractivity contribution >= 4 is 5.82 Å². The van der Waals surface area contributed by atoms with Gasteiger partial charge >= 0.3 is 0 Å². The van der Waals surface area contributed by atoms with Crippen LogP contribution in [0.25, 0.3) is 0 Å². The molecule has 4 heteroatoms. The monoisotopic (exact) mass is 231 g/mol. The molecular weight excluding hydrogens is 214 g/mol. The average Bonchev–Trinajstić information content (AvgIpc) is 3.11. The van der Waals surface area contributed by atoms with Gasteiger partial charge < -0.3 is 10.4 Å². The van der Waals surface area contributed by atoms with Crippen molar-refractivity contribution in [1.82, 2.24) is 4.98 Å². The van der Waals surface area contributed by atoms with E-state index in [4.69, 9.17) is 5.26 Å². The number of hydrogen-bond donors (Lipinski definition) is 2. The molecule has 17 heavy (non-hydrogen) atoms. The number of nitrogens with one attached hydrogen (secondary N) is 1. The second kappa shape index (κ2) is 4.34. The maximum absolute atomic E-state index is 9.23. The summed E-state index contributed by atoms with van der Waals surface area (Å²) < 4.78 is 0. The van der Waals surface area contributed by atoms with Crippen LogP contribution in [0.4, 0.5) is 5.82 Å². The highest BCUT2D eigenvalue weighted by atomic mass is 16.3. The van der Waals surface area contributed by atoms with Gasteiger partial charge in [-0.1, -0.05) is 0 Å². The highest BCUT2D eigenvalue weighted by Gasteiger charge is 2.41. The third-order valence-corrected chi connectivity index (χ3v) is 3.51. The maximum Gasteiger partial charge on any atom is 0.144 e. The van der Waals surface area contributed by atoms with Crippen molar-refractivity contribution in [2.24, 2.45) is 5.41 Å². The van der Waals surface area contributed by atoms with Crippen LogP contribution in [0.15, 0.2) is 6.07 Å². The van der Waals surface area contributed by atoms with Gasteiger partial charge in [-0.25, -0.2) is 4.98 Å². The molecule has 1 heterocycles. The zero-order valence-electron chi connectivity index (χ0n) is 10.2. The van der Waals surface area contributed by atoms with Gasteiger partial charge in [0.05, 0.1) is 12.2 Å². The molecule has 90 valence electrons. The Hall–Kier alpha value is -1.60. The molecule has 0 radical (unpaired) electrons. The van der Waals surface area contributed by atoms with Crippen LogP contribution in [-0.4, -0.2) is 23.2 Å². The number of nitrogens with zero attached hydrogens (tertiary/aromatic N) is 2. The van der Waals surface area contributed by atoms with Crippen LogP contribution in [0.2, 0.25) is 0 Å². The van der Waals surface area contributed by atoms with Gasteiger partial charge in [-0.15, -0.1) is 0 Å². The molecule has 0 unspecified atom stereocenters. The Morgan fingerprint density at radius 2 is 2.24 bits per heavy atom. The molecule has 0 saturated heterocycles. The Kier molecular flexibility index (Phi) is 3.03. The number of nitriles is 1. The van der Waals surface area contributed by atoms with E-state index in [9.17, 15) is 5.11 Å². The van der Waals surface area contributed by atoms with Crippen molar-refractivity contribution in [1.29, 1.82) is 5.26 Å². The summed E-state index contributed by atoms with van der Waals surface area (Å²) in [5.74, 6) is 0.635. The van der Waals surface area contributed by atoms with Crippen LogP contribution >= 0.6 is 0 Å². The predicted octanol–water partition coefficient (Wildman–Crippen LogP) is 1.75. The van der Waals surface area contributed by atoms with E-state index in [0.717, 1.165) is 24.1 Å². The van der Waals surface area contributed by atoms with Gasteiger partial charge in [-0.3, -0.25) is 0 Å². The minimum absolute atomic E-state index is 0.0210. The van der Waals surface area contributed by atoms with E-state index < -0.39 is 0 Å². The van der Waals surface area contributed by atoms with Crippen molar-refractivity contribution < 1.29 is 5.11 Å². The quantitative estimate of drug-likeness (QED) is 0.828. The van der Waals surface area contributed by atoms with E-state index in [-0.39, 0.29) is 12.0 Å². The number of aliphatic hydroxyl groups is 1. The van der Waals surface area contributed by atoms with Gasteiger partial charge in [0.1, 0.15) is 11.9 Å². The van der Waals surface area contributed by atoms with E-state index in [1.165, 1.54) is 0 Å². The first kappa shape index (κ1) is 11.9. The normalized spacial score (nSPS) is 16.4. The molecule has 0 aromatic carbocycles. The number of aryl methyl sites for hydroxylation is 2. The highest BCUT2D eigenvalue weighted by molar-refractivity contribution is 5.54. The Bertz CT molecular complexity index is 472. The van der Waals surface area contributed by atoms with Gasteiger partial charge in [-0.05, 0) is 38.3 Å². The Balaban J connectivity index is 2.15. The van der Waals surface area contributed by atoms with E-state index in [1.807, 2.05) is 19.9 Å². The van der Waals surface area contributed by atoms with Crippen molar-refractivity contribution in [3.05, 3.63) is 22.9 Å². The number of aliphatic hydroxyl groups excluding tert-OH is 1. The lowest BCUT2D eigenvalue weighted by Gasteiger charge is -2.15. The second-order valence-corrected chi connectivity index (χ2v) is 4.91. The zero-order chi connectivity index (χ0) is 12.5. The van der Waals surface area contributed by atoms with E-state index >= 15 is 0 Å². The van der Waals surface area contributed by atoms with Crippen LogP contribution in [0.1, 0.15) is 29.7 Å². The first-order valence-electron chi connectivity index (χ1n) is 5.83. The minimum atomic E-state index is 0.0210.